The van der Waals surface area contributed by atoms with E-state index < -0.39 is 5.41 Å². The first-order valence-corrected chi connectivity index (χ1v) is 6.65. The summed E-state index contributed by atoms with van der Waals surface area (Å²) in [6.45, 7) is 0. The van der Waals surface area contributed by atoms with Crippen molar-refractivity contribution < 1.29 is 0 Å². The summed E-state index contributed by atoms with van der Waals surface area (Å²) >= 11 is 0. The molecular weight excluding hydrogens is 196 g/mol. The minimum atomic E-state index is -0.681. The molecule has 0 radical (unpaired) electrons. The van der Waals surface area contributed by atoms with Gasteiger partial charge in [-0.15, -0.1) is 0 Å². The average Bonchev–Trinajstić information content (AvgIpc) is 2.31. The first-order chi connectivity index (χ1) is 7.83. The van der Waals surface area contributed by atoms with Crippen molar-refractivity contribution in [1.82, 2.24) is 0 Å². The van der Waals surface area contributed by atoms with Gasteiger partial charge < -0.3 is 0 Å². The minimum absolute atomic E-state index is 0.681. The molecule has 0 aromatic heterocycles. The Bertz CT molecular complexity index is 241. The summed E-state index contributed by atoms with van der Waals surface area (Å²) in [5, 5.41) is 18.3. The van der Waals surface area contributed by atoms with Crippen molar-refractivity contribution in [2.24, 2.45) is 5.41 Å². The van der Waals surface area contributed by atoms with Crippen LogP contribution < -0.4 is 0 Å². The van der Waals surface area contributed by atoms with Gasteiger partial charge in [-0.05, 0) is 12.8 Å². The predicted octanol–water partition coefficient (Wildman–Crippen LogP) is 4.32. The van der Waals surface area contributed by atoms with Crippen LogP contribution in [0.3, 0.4) is 0 Å². The molecule has 1 fully saturated rings. The maximum Gasteiger partial charge on any atom is 0.143 e. The van der Waals surface area contributed by atoms with Gasteiger partial charge in [-0.25, -0.2) is 0 Å². The summed E-state index contributed by atoms with van der Waals surface area (Å²) < 4.78 is 0. The van der Waals surface area contributed by atoms with E-state index in [2.05, 4.69) is 12.1 Å². The van der Waals surface area contributed by atoms with Gasteiger partial charge in [-0.1, -0.05) is 57.8 Å². The number of hydrogen-bond donors (Lipinski definition) is 0. The van der Waals surface area contributed by atoms with Crippen LogP contribution in [0.5, 0.6) is 0 Å². The van der Waals surface area contributed by atoms with Crippen molar-refractivity contribution in [1.29, 1.82) is 10.5 Å². The summed E-state index contributed by atoms with van der Waals surface area (Å²) in [6, 6.07) is 4.52. The molecule has 0 heterocycles. The predicted molar refractivity (Wildman–Crippen MR) is 64.4 cm³/mol. The highest BCUT2D eigenvalue weighted by Gasteiger charge is 2.28. The number of rotatable bonds is 0. The molecule has 0 saturated heterocycles. The van der Waals surface area contributed by atoms with Gasteiger partial charge in [0.1, 0.15) is 5.41 Å². The van der Waals surface area contributed by atoms with E-state index in [4.69, 9.17) is 0 Å². The van der Waals surface area contributed by atoms with Crippen LogP contribution in [-0.2, 0) is 0 Å². The normalized spacial score (nSPS) is 23.1. The SMILES string of the molecule is N#CC1(C#N)CCCCCCCCCCC1. The van der Waals surface area contributed by atoms with Gasteiger partial charge in [0.05, 0.1) is 12.1 Å². The van der Waals surface area contributed by atoms with Gasteiger partial charge in [-0.2, -0.15) is 10.5 Å². The van der Waals surface area contributed by atoms with Gasteiger partial charge in [0.25, 0.3) is 0 Å². The molecule has 88 valence electrons. The molecule has 1 saturated carbocycles. The van der Waals surface area contributed by atoms with Crippen LogP contribution in [-0.4, -0.2) is 0 Å². The fourth-order valence-corrected chi connectivity index (χ4v) is 2.46. The Labute approximate surface area is 99.3 Å². The van der Waals surface area contributed by atoms with Gasteiger partial charge in [0, 0.05) is 0 Å². The third-order valence-electron chi connectivity index (χ3n) is 3.64. The van der Waals surface area contributed by atoms with Gasteiger partial charge in [-0.3, -0.25) is 0 Å². The molecule has 2 heteroatoms. The second kappa shape index (κ2) is 7.29. The lowest BCUT2D eigenvalue weighted by molar-refractivity contribution is 0.383. The summed E-state index contributed by atoms with van der Waals surface area (Å²) in [5.74, 6) is 0. The van der Waals surface area contributed by atoms with Gasteiger partial charge in [0.2, 0.25) is 0 Å². The molecule has 0 unspecified atom stereocenters. The second-order valence-corrected chi connectivity index (χ2v) is 4.99. The third kappa shape index (κ3) is 4.23. The van der Waals surface area contributed by atoms with E-state index >= 15 is 0 Å². The maximum atomic E-state index is 9.17. The number of nitrogens with zero attached hydrogens (tertiary/aromatic N) is 2. The molecule has 0 aromatic carbocycles. The molecule has 1 aliphatic carbocycles. The molecular formula is C14H22N2. The zero-order valence-electron chi connectivity index (χ0n) is 10.2. The molecule has 0 aliphatic heterocycles. The second-order valence-electron chi connectivity index (χ2n) is 4.99. The van der Waals surface area contributed by atoms with E-state index in [9.17, 15) is 10.5 Å². The van der Waals surface area contributed by atoms with Crippen LogP contribution in [0.15, 0.2) is 0 Å². The largest absolute Gasteiger partial charge is 0.197 e. The summed E-state index contributed by atoms with van der Waals surface area (Å²) in [6.07, 6.45) is 12.6. The van der Waals surface area contributed by atoms with E-state index in [1.54, 1.807) is 0 Å². The fourth-order valence-electron chi connectivity index (χ4n) is 2.46. The summed E-state index contributed by atoms with van der Waals surface area (Å²) in [5.41, 5.74) is -0.681. The highest BCUT2D eigenvalue weighted by Crippen LogP contribution is 2.31. The lowest BCUT2D eigenvalue weighted by Gasteiger charge is -2.18. The first-order valence-electron chi connectivity index (χ1n) is 6.65. The van der Waals surface area contributed by atoms with Crippen molar-refractivity contribution >= 4 is 0 Å². The molecule has 2 nitrogen and oxygen atoms in total. The maximum absolute atomic E-state index is 9.17. The van der Waals surface area contributed by atoms with Gasteiger partial charge in [0.15, 0.2) is 0 Å². The Hall–Kier alpha value is -1.02. The van der Waals surface area contributed by atoms with Crippen LogP contribution >= 0.6 is 0 Å². The topological polar surface area (TPSA) is 47.6 Å². The van der Waals surface area contributed by atoms with E-state index in [0.29, 0.717) is 0 Å². The molecule has 1 rings (SSSR count). The zero-order chi connectivity index (χ0) is 11.7. The standard InChI is InChI=1S/C14H22N2/c15-12-14(13-16)10-8-6-4-2-1-3-5-7-9-11-14/h1-11H2. The Morgan fingerprint density at radius 2 is 0.875 bits per heavy atom. The van der Waals surface area contributed by atoms with Crippen molar-refractivity contribution in [2.75, 3.05) is 0 Å². The molecule has 0 amide bonds. The quantitative estimate of drug-likeness (QED) is 0.607. The van der Waals surface area contributed by atoms with Gasteiger partial charge >= 0.3 is 0 Å². The summed E-state index contributed by atoms with van der Waals surface area (Å²) in [4.78, 5) is 0. The lowest BCUT2D eigenvalue weighted by Crippen LogP contribution is -2.16. The average molecular weight is 218 g/mol. The number of nitriles is 2. The van der Waals surface area contributed by atoms with Crippen molar-refractivity contribution in [2.45, 2.75) is 70.6 Å². The molecule has 0 atom stereocenters. The molecule has 0 aromatic rings. The Morgan fingerprint density at radius 3 is 1.19 bits per heavy atom. The zero-order valence-corrected chi connectivity index (χ0v) is 10.2. The van der Waals surface area contributed by atoms with Crippen molar-refractivity contribution in [3.05, 3.63) is 0 Å². The smallest absolute Gasteiger partial charge is 0.143 e. The molecule has 0 N–H and O–H groups in total. The first kappa shape index (κ1) is 13.0. The summed E-state index contributed by atoms with van der Waals surface area (Å²) in [7, 11) is 0. The van der Waals surface area contributed by atoms with Crippen LogP contribution in [0.25, 0.3) is 0 Å². The van der Waals surface area contributed by atoms with E-state index in [0.717, 1.165) is 25.7 Å². The van der Waals surface area contributed by atoms with Crippen molar-refractivity contribution in [3.8, 4) is 12.1 Å². The van der Waals surface area contributed by atoms with Crippen LogP contribution in [0, 0.1) is 28.1 Å². The van der Waals surface area contributed by atoms with E-state index in [1.807, 2.05) is 0 Å². The monoisotopic (exact) mass is 218 g/mol. The Balaban J connectivity index is 2.49. The minimum Gasteiger partial charge on any atom is -0.197 e. The molecule has 16 heavy (non-hydrogen) atoms. The highest BCUT2D eigenvalue weighted by molar-refractivity contribution is 5.13. The highest BCUT2D eigenvalue weighted by atomic mass is 14.4. The third-order valence-corrected chi connectivity index (χ3v) is 3.64. The number of hydrogen-bond acceptors (Lipinski definition) is 2. The Morgan fingerprint density at radius 1 is 0.562 bits per heavy atom. The molecule has 1 aliphatic rings. The fraction of sp³-hybridized carbons (Fsp3) is 0.857. The van der Waals surface area contributed by atoms with Crippen LogP contribution in [0.4, 0.5) is 0 Å². The van der Waals surface area contributed by atoms with E-state index in [-0.39, 0.29) is 0 Å². The Kier molecular flexibility index (Phi) is 5.94. The van der Waals surface area contributed by atoms with Crippen molar-refractivity contribution in [3.63, 3.8) is 0 Å². The molecule has 0 bridgehead atoms. The lowest BCUT2D eigenvalue weighted by atomic mass is 9.80. The molecule has 0 spiro atoms. The van der Waals surface area contributed by atoms with Crippen LogP contribution in [0.1, 0.15) is 70.6 Å². The van der Waals surface area contributed by atoms with Crippen LogP contribution in [0.2, 0.25) is 0 Å². The van der Waals surface area contributed by atoms with E-state index in [1.165, 1.54) is 44.9 Å².